The molecule has 0 saturated carbocycles. The third-order valence-electron chi connectivity index (χ3n) is 6.67. The van der Waals surface area contributed by atoms with E-state index in [4.69, 9.17) is 9.47 Å². The molecule has 13 nitrogen and oxygen atoms in total. The van der Waals surface area contributed by atoms with E-state index in [0.717, 1.165) is 0 Å². The number of amides is 2. The smallest absolute Gasteiger partial charge is 0.435 e. The van der Waals surface area contributed by atoms with Crippen LogP contribution in [-0.2, 0) is 41.4 Å². The zero-order valence-electron chi connectivity index (χ0n) is 29.8. The number of benzene rings is 1. The lowest BCUT2D eigenvalue weighted by atomic mass is 10.0. The van der Waals surface area contributed by atoms with Crippen LogP contribution >= 0.6 is 0 Å². The quantitative estimate of drug-likeness (QED) is 0.160. The van der Waals surface area contributed by atoms with E-state index in [1.807, 2.05) is 6.92 Å². The number of amidine groups is 1. The monoisotopic (exact) mass is 699 g/mol. The Morgan fingerprint density at radius 3 is 2.18 bits per heavy atom. The van der Waals surface area contributed by atoms with Crippen molar-refractivity contribution in [2.75, 3.05) is 11.3 Å². The number of allylic oxidation sites excluding steroid dienone is 1. The maximum Gasteiger partial charge on any atom is 0.435 e. The predicted molar refractivity (Wildman–Crippen MR) is 191 cm³/mol. The number of sulfonamides is 1. The number of aliphatic imine (C=N–C) groups is 2. The van der Waals surface area contributed by atoms with Gasteiger partial charge in [-0.2, -0.15) is 4.99 Å². The number of ether oxygens (including phenoxy) is 2. The molecule has 14 heteroatoms. The summed E-state index contributed by atoms with van der Waals surface area (Å²) in [5.74, 6) is -1.79. The third-order valence-corrected chi connectivity index (χ3v) is 7.92. The van der Waals surface area contributed by atoms with Gasteiger partial charge in [0.1, 0.15) is 29.3 Å². The molecule has 1 aromatic carbocycles. The van der Waals surface area contributed by atoms with Crippen LogP contribution in [-0.4, -0.2) is 60.8 Å². The Morgan fingerprint density at radius 2 is 1.61 bits per heavy atom. The lowest BCUT2D eigenvalue weighted by Gasteiger charge is -2.22. The zero-order chi connectivity index (χ0) is 37.0. The van der Waals surface area contributed by atoms with Gasteiger partial charge in [0.2, 0.25) is 15.9 Å². The van der Waals surface area contributed by atoms with Gasteiger partial charge in [0.25, 0.3) is 5.56 Å². The lowest BCUT2D eigenvalue weighted by Crippen LogP contribution is -2.35. The summed E-state index contributed by atoms with van der Waals surface area (Å²) < 4.78 is 39.8. The van der Waals surface area contributed by atoms with Gasteiger partial charge in [-0.25, -0.2) is 18.2 Å². The number of aryl methyl sites for hydroxylation is 1. The molecule has 0 fully saturated rings. The Balaban J connectivity index is 2.20. The fourth-order valence-electron chi connectivity index (χ4n) is 4.32. The fourth-order valence-corrected chi connectivity index (χ4v) is 5.51. The molecule has 0 aliphatic heterocycles. The maximum atomic E-state index is 13.2. The van der Waals surface area contributed by atoms with E-state index in [0.29, 0.717) is 23.3 Å². The van der Waals surface area contributed by atoms with Gasteiger partial charge in [-0.15, -0.1) is 0 Å². The first-order valence-corrected chi connectivity index (χ1v) is 17.6. The first-order chi connectivity index (χ1) is 22.7. The van der Waals surface area contributed by atoms with Gasteiger partial charge in [-0.1, -0.05) is 43.3 Å². The number of hydrogen-bond donors (Lipinski definition) is 2. The van der Waals surface area contributed by atoms with Crippen LogP contribution in [0.15, 0.2) is 68.9 Å². The number of aromatic nitrogens is 1. The molecule has 1 heterocycles. The molecule has 1 unspecified atom stereocenters. The highest BCUT2D eigenvalue weighted by Gasteiger charge is 2.25. The van der Waals surface area contributed by atoms with E-state index >= 15 is 0 Å². The number of carbonyl (C=O) groups is 3. The van der Waals surface area contributed by atoms with E-state index in [9.17, 15) is 27.6 Å². The van der Waals surface area contributed by atoms with Crippen molar-refractivity contribution in [3.05, 3.63) is 75.7 Å². The van der Waals surface area contributed by atoms with E-state index in [-0.39, 0.29) is 36.8 Å². The average molecular weight is 700 g/mol. The molecule has 1 atom stereocenters. The van der Waals surface area contributed by atoms with Gasteiger partial charge >= 0.3 is 12.1 Å². The fraction of sp³-hybridized carbons (Fsp3) is 0.486. The van der Waals surface area contributed by atoms with Gasteiger partial charge in [-0.05, 0) is 85.1 Å². The maximum absolute atomic E-state index is 13.2. The second-order valence-electron chi connectivity index (χ2n) is 13.4. The number of carbonyl (C=O) groups excluding carboxylic acids is 3. The molecule has 1 aromatic heterocycles. The normalized spacial score (nSPS) is 13.6. The largest absolute Gasteiger partial charge is 0.460 e. The van der Waals surface area contributed by atoms with E-state index in [2.05, 4.69) is 20.0 Å². The molecule has 2 N–H and O–H groups in total. The minimum absolute atomic E-state index is 0.0125. The molecule has 0 spiro atoms. The summed E-state index contributed by atoms with van der Waals surface area (Å²) in [5.41, 5.74) is -0.780. The number of pyridine rings is 1. The highest BCUT2D eigenvalue weighted by molar-refractivity contribution is 7.91. The number of anilines is 1. The van der Waals surface area contributed by atoms with Gasteiger partial charge in [0.15, 0.2) is 0 Å². The second kappa shape index (κ2) is 17.7. The SMILES string of the molecule is C\C=C(/C=N/C(=N\C(=O)OC(C)(C)C)C(CC)CC(=O)OC(C)(C)C)CNC(=O)Cn1c(C)ccc(NS(=O)(=O)Cc2ccccc2)c1=O. The lowest BCUT2D eigenvalue weighted by molar-refractivity contribution is -0.155. The summed E-state index contributed by atoms with van der Waals surface area (Å²) >= 11 is 0. The first kappa shape index (κ1) is 40.6. The predicted octanol–water partition coefficient (Wildman–Crippen LogP) is 5.32. The first-order valence-electron chi connectivity index (χ1n) is 16.0. The topological polar surface area (TPSA) is 175 Å². The number of nitrogens with one attached hydrogen (secondary N) is 2. The van der Waals surface area contributed by atoms with Gasteiger partial charge < -0.3 is 19.4 Å². The average Bonchev–Trinajstić information content (AvgIpc) is 2.97. The Kier molecular flexibility index (Phi) is 14.7. The van der Waals surface area contributed by atoms with E-state index in [1.165, 1.54) is 16.8 Å². The summed E-state index contributed by atoms with van der Waals surface area (Å²) in [6, 6.07) is 11.5. The molecule has 2 amide bonds. The molecule has 0 saturated heterocycles. The molecule has 0 radical (unpaired) electrons. The molecule has 0 bridgehead atoms. The number of nitrogens with zero attached hydrogens (tertiary/aromatic N) is 3. The van der Waals surface area contributed by atoms with E-state index < -0.39 is 50.7 Å². The third kappa shape index (κ3) is 15.0. The molecule has 2 aromatic rings. The molecule has 0 aliphatic carbocycles. The van der Waals surface area contributed by atoms with Crippen LogP contribution in [0.5, 0.6) is 0 Å². The minimum Gasteiger partial charge on any atom is -0.460 e. The molecule has 2 rings (SSSR count). The van der Waals surface area contributed by atoms with Crippen LogP contribution in [0.25, 0.3) is 0 Å². The van der Waals surface area contributed by atoms with Crippen molar-refractivity contribution in [3.63, 3.8) is 0 Å². The summed E-state index contributed by atoms with van der Waals surface area (Å²) in [6.07, 6.45) is 2.63. The van der Waals surface area contributed by atoms with Crippen molar-refractivity contribution in [1.82, 2.24) is 9.88 Å². The molecule has 49 heavy (non-hydrogen) atoms. The summed E-state index contributed by atoms with van der Waals surface area (Å²) in [7, 11) is -3.90. The van der Waals surface area contributed by atoms with Crippen molar-refractivity contribution in [3.8, 4) is 0 Å². The summed E-state index contributed by atoms with van der Waals surface area (Å²) in [4.78, 5) is 59.9. The summed E-state index contributed by atoms with van der Waals surface area (Å²) in [6.45, 7) is 15.2. The molecular weight excluding hydrogens is 650 g/mol. The minimum atomic E-state index is -3.90. The number of esters is 1. The van der Waals surface area contributed by atoms with Crippen LogP contribution in [0.1, 0.15) is 79.5 Å². The van der Waals surface area contributed by atoms with Crippen molar-refractivity contribution in [2.24, 2.45) is 15.9 Å². The van der Waals surface area contributed by atoms with Crippen LogP contribution in [0, 0.1) is 12.8 Å². The van der Waals surface area contributed by atoms with Crippen LogP contribution in [0.2, 0.25) is 0 Å². The Hall–Kier alpha value is -4.59. The van der Waals surface area contributed by atoms with Gasteiger partial charge in [0, 0.05) is 24.4 Å². The Labute approximate surface area is 289 Å². The van der Waals surface area contributed by atoms with E-state index in [1.54, 1.807) is 97.9 Å². The second-order valence-corrected chi connectivity index (χ2v) is 15.1. The highest BCUT2D eigenvalue weighted by atomic mass is 32.2. The Morgan fingerprint density at radius 1 is 0.980 bits per heavy atom. The van der Waals surface area contributed by atoms with Crippen LogP contribution < -0.4 is 15.6 Å². The number of hydrogen-bond acceptors (Lipinski definition) is 8. The van der Waals surface area contributed by atoms with Crippen LogP contribution in [0.4, 0.5) is 10.5 Å². The van der Waals surface area contributed by atoms with Crippen molar-refractivity contribution in [1.29, 1.82) is 0 Å². The molecule has 0 aliphatic rings. The Bertz CT molecular complexity index is 1730. The van der Waals surface area contributed by atoms with Gasteiger partial charge in [0.05, 0.1) is 12.2 Å². The van der Waals surface area contributed by atoms with Gasteiger partial charge in [-0.3, -0.25) is 19.1 Å². The number of rotatable bonds is 13. The summed E-state index contributed by atoms with van der Waals surface area (Å²) in [5, 5.41) is 2.73. The zero-order valence-corrected chi connectivity index (χ0v) is 30.6. The molecular formula is C35H49N5O8S. The standard InChI is InChI=1S/C35H49N5O8S/c1-10-25(21-37-31(38-33(44)48-35(7,8)9)27(11-2)19-30(42)47-34(4,5)6)20-36-29(41)22-40-24(3)17-18-28(32(40)43)39-49(45,46)23-26-15-13-12-14-16-26/h10,12-18,21,27,39H,11,19-20,22-23H2,1-9H3,(H,36,41)/b25-10-,37-21+,38-31-. The van der Waals surface area contributed by atoms with Crippen LogP contribution in [0.3, 0.4) is 0 Å². The van der Waals surface area contributed by atoms with Crippen molar-refractivity contribution >= 4 is 45.7 Å². The molecule has 268 valence electrons. The van der Waals surface area contributed by atoms with Crippen molar-refractivity contribution in [2.45, 2.75) is 98.7 Å². The highest BCUT2D eigenvalue weighted by Crippen LogP contribution is 2.18. The van der Waals surface area contributed by atoms with Crippen molar-refractivity contribution < 1.29 is 32.3 Å².